The first-order valence-electron chi connectivity index (χ1n) is 6.99. The fourth-order valence-corrected chi connectivity index (χ4v) is 1.91. The number of aromatic nitrogens is 2. The van der Waals surface area contributed by atoms with Gasteiger partial charge >= 0.3 is 0 Å². The van der Waals surface area contributed by atoms with Crippen molar-refractivity contribution < 1.29 is 0 Å². The molecule has 0 spiro atoms. The maximum absolute atomic E-state index is 5.56. The van der Waals surface area contributed by atoms with Crippen molar-refractivity contribution in [2.24, 2.45) is 11.7 Å². The van der Waals surface area contributed by atoms with Crippen LogP contribution in [0.15, 0.2) is 12.4 Å². The third-order valence-corrected chi connectivity index (χ3v) is 3.16. The average molecular weight is 265 g/mol. The number of hydrogen-bond acceptors (Lipinski definition) is 5. The molecule has 0 aromatic carbocycles. The van der Waals surface area contributed by atoms with Crippen molar-refractivity contribution in [1.29, 1.82) is 0 Å². The minimum atomic E-state index is 0.625. The molecule has 0 unspecified atom stereocenters. The third kappa shape index (κ3) is 5.42. The maximum Gasteiger partial charge on any atom is 0.133 e. The number of anilines is 2. The van der Waals surface area contributed by atoms with Gasteiger partial charge < -0.3 is 15.5 Å². The Labute approximate surface area is 116 Å². The molecular formula is C14H27N5. The molecule has 5 nitrogen and oxygen atoms in total. The van der Waals surface area contributed by atoms with Gasteiger partial charge in [-0.2, -0.15) is 0 Å². The van der Waals surface area contributed by atoms with Crippen LogP contribution in [0.4, 0.5) is 11.6 Å². The van der Waals surface area contributed by atoms with E-state index in [1.54, 1.807) is 6.33 Å². The molecule has 1 aromatic heterocycles. The molecule has 0 aliphatic heterocycles. The standard InChI is InChI=1S/C14H27N5/c1-12(2)6-5-8-18(3)13-10-14(17-11-16-13)19(4)9-7-15/h10-12H,5-9,15H2,1-4H3. The highest BCUT2D eigenvalue weighted by atomic mass is 15.2. The molecule has 0 fully saturated rings. The normalized spacial score (nSPS) is 10.8. The van der Waals surface area contributed by atoms with Gasteiger partial charge in [-0.15, -0.1) is 0 Å². The van der Waals surface area contributed by atoms with Crippen LogP contribution in [0.1, 0.15) is 26.7 Å². The Morgan fingerprint density at radius 3 is 2.21 bits per heavy atom. The number of nitrogens with two attached hydrogens (primary N) is 1. The first kappa shape index (κ1) is 15.7. The molecular weight excluding hydrogens is 238 g/mol. The van der Waals surface area contributed by atoms with Gasteiger partial charge in [-0.25, -0.2) is 9.97 Å². The second-order valence-electron chi connectivity index (χ2n) is 5.40. The smallest absolute Gasteiger partial charge is 0.133 e. The molecule has 1 aromatic rings. The van der Waals surface area contributed by atoms with E-state index in [0.717, 1.165) is 30.6 Å². The summed E-state index contributed by atoms with van der Waals surface area (Å²) in [5.74, 6) is 2.65. The van der Waals surface area contributed by atoms with Crippen molar-refractivity contribution in [3.05, 3.63) is 12.4 Å². The van der Waals surface area contributed by atoms with Crippen molar-refractivity contribution >= 4 is 11.6 Å². The van der Waals surface area contributed by atoms with Crippen LogP contribution < -0.4 is 15.5 Å². The quantitative estimate of drug-likeness (QED) is 0.776. The van der Waals surface area contributed by atoms with Crippen molar-refractivity contribution in [3.63, 3.8) is 0 Å². The Hall–Kier alpha value is -1.36. The summed E-state index contributed by atoms with van der Waals surface area (Å²) in [7, 11) is 4.08. The molecule has 108 valence electrons. The van der Waals surface area contributed by atoms with E-state index >= 15 is 0 Å². The Kier molecular flexibility index (Phi) is 6.56. The molecule has 0 amide bonds. The van der Waals surface area contributed by atoms with Gasteiger partial charge in [0.1, 0.15) is 18.0 Å². The molecule has 1 rings (SSSR count). The molecule has 0 atom stereocenters. The van der Waals surface area contributed by atoms with Crippen molar-refractivity contribution in [3.8, 4) is 0 Å². The number of hydrogen-bond donors (Lipinski definition) is 1. The highest BCUT2D eigenvalue weighted by Crippen LogP contribution is 2.16. The average Bonchev–Trinajstić information content (AvgIpc) is 2.38. The van der Waals surface area contributed by atoms with Gasteiger partial charge in [-0.1, -0.05) is 13.8 Å². The third-order valence-electron chi connectivity index (χ3n) is 3.16. The van der Waals surface area contributed by atoms with Gasteiger partial charge in [-0.05, 0) is 18.8 Å². The number of nitrogens with zero attached hydrogens (tertiary/aromatic N) is 4. The van der Waals surface area contributed by atoms with Crippen LogP contribution >= 0.6 is 0 Å². The molecule has 5 heteroatoms. The van der Waals surface area contributed by atoms with Crippen LogP contribution in [0.25, 0.3) is 0 Å². The Morgan fingerprint density at radius 2 is 1.68 bits per heavy atom. The molecule has 0 saturated carbocycles. The zero-order valence-electron chi connectivity index (χ0n) is 12.6. The summed E-state index contributed by atoms with van der Waals surface area (Å²) in [6.07, 6.45) is 4.05. The Balaban J connectivity index is 2.59. The number of rotatable bonds is 8. The van der Waals surface area contributed by atoms with E-state index in [1.165, 1.54) is 12.8 Å². The van der Waals surface area contributed by atoms with E-state index < -0.39 is 0 Å². The van der Waals surface area contributed by atoms with E-state index in [1.807, 2.05) is 18.0 Å². The van der Waals surface area contributed by atoms with Gasteiger partial charge in [0, 0.05) is 39.8 Å². The summed E-state index contributed by atoms with van der Waals surface area (Å²) in [6, 6.07) is 2.02. The second-order valence-corrected chi connectivity index (χ2v) is 5.40. The molecule has 0 saturated heterocycles. The van der Waals surface area contributed by atoms with E-state index in [0.29, 0.717) is 6.54 Å². The van der Waals surface area contributed by atoms with E-state index in [9.17, 15) is 0 Å². The van der Waals surface area contributed by atoms with E-state index in [4.69, 9.17) is 5.73 Å². The predicted octanol–water partition coefficient (Wildman–Crippen LogP) is 1.74. The Bertz CT molecular complexity index is 367. The largest absolute Gasteiger partial charge is 0.360 e. The number of likely N-dealkylation sites (N-methyl/N-ethyl adjacent to an activating group) is 1. The second kappa shape index (κ2) is 7.94. The Morgan fingerprint density at radius 1 is 1.11 bits per heavy atom. The lowest BCUT2D eigenvalue weighted by atomic mass is 10.1. The molecule has 2 N–H and O–H groups in total. The maximum atomic E-state index is 5.56. The molecule has 0 aliphatic rings. The predicted molar refractivity (Wildman–Crippen MR) is 81.7 cm³/mol. The SMILES string of the molecule is CC(C)CCCN(C)c1cc(N(C)CCN)ncn1. The fourth-order valence-electron chi connectivity index (χ4n) is 1.91. The van der Waals surface area contributed by atoms with Crippen LogP contribution in [-0.2, 0) is 0 Å². The lowest BCUT2D eigenvalue weighted by Gasteiger charge is -2.21. The summed E-state index contributed by atoms with van der Waals surface area (Å²) in [4.78, 5) is 12.9. The first-order chi connectivity index (χ1) is 9.04. The lowest BCUT2D eigenvalue weighted by Crippen LogP contribution is -2.26. The zero-order valence-corrected chi connectivity index (χ0v) is 12.6. The molecule has 0 bridgehead atoms. The highest BCUT2D eigenvalue weighted by Gasteiger charge is 2.07. The van der Waals surface area contributed by atoms with Crippen LogP contribution in [-0.4, -0.2) is 43.7 Å². The fraction of sp³-hybridized carbons (Fsp3) is 0.714. The van der Waals surface area contributed by atoms with Crippen LogP contribution in [0.5, 0.6) is 0 Å². The summed E-state index contributed by atoms with van der Waals surface area (Å²) < 4.78 is 0. The highest BCUT2D eigenvalue weighted by molar-refractivity contribution is 5.49. The minimum absolute atomic E-state index is 0.625. The van der Waals surface area contributed by atoms with Gasteiger partial charge in [0.2, 0.25) is 0 Å². The molecule has 1 heterocycles. The molecule has 0 aliphatic carbocycles. The zero-order chi connectivity index (χ0) is 14.3. The first-order valence-corrected chi connectivity index (χ1v) is 6.99. The van der Waals surface area contributed by atoms with Crippen LogP contribution in [0.2, 0.25) is 0 Å². The molecule has 0 radical (unpaired) electrons. The van der Waals surface area contributed by atoms with Crippen LogP contribution in [0.3, 0.4) is 0 Å². The molecule has 19 heavy (non-hydrogen) atoms. The monoisotopic (exact) mass is 265 g/mol. The van der Waals surface area contributed by atoms with E-state index in [-0.39, 0.29) is 0 Å². The topological polar surface area (TPSA) is 58.3 Å². The van der Waals surface area contributed by atoms with Gasteiger partial charge in [0.15, 0.2) is 0 Å². The van der Waals surface area contributed by atoms with E-state index in [2.05, 4.69) is 35.8 Å². The van der Waals surface area contributed by atoms with Crippen molar-refractivity contribution in [2.45, 2.75) is 26.7 Å². The van der Waals surface area contributed by atoms with Crippen LogP contribution in [0, 0.1) is 5.92 Å². The van der Waals surface area contributed by atoms with Crippen molar-refractivity contribution in [1.82, 2.24) is 9.97 Å². The summed E-state index contributed by atoms with van der Waals surface area (Å²) >= 11 is 0. The van der Waals surface area contributed by atoms with Crippen molar-refractivity contribution in [2.75, 3.05) is 43.5 Å². The summed E-state index contributed by atoms with van der Waals surface area (Å²) in [5.41, 5.74) is 5.56. The van der Waals surface area contributed by atoms with Gasteiger partial charge in [-0.3, -0.25) is 0 Å². The minimum Gasteiger partial charge on any atom is -0.360 e. The summed E-state index contributed by atoms with van der Waals surface area (Å²) in [6.45, 7) is 6.96. The van der Waals surface area contributed by atoms with Gasteiger partial charge in [0.25, 0.3) is 0 Å². The summed E-state index contributed by atoms with van der Waals surface area (Å²) in [5, 5.41) is 0. The van der Waals surface area contributed by atoms with Gasteiger partial charge in [0.05, 0.1) is 0 Å². The lowest BCUT2D eigenvalue weighted by molar-refractivity contribution is 0.555.